The molecule has 0 spiro atoms. The molecule has 0 aliphatic heterocycles. The van der Waals surface area contributed by atoms with Crippen LogP contribution in [-0.2, 0) is 0 Å². The maximum absolute atomic E-state index is 6.16. The summed E-state index contributed by atoms with van der Waals surface area (Å²) in [6.07, 6.45) is 9.38. The van der Waals surface area contributed by atoms with Gasteiger partial charge in [-0.05, 0) is 43.4 Å². The van der Waals surface area contributed by atoms with E-state index in [1.807, 2.05) is 0 Å². The van der Waals surface area contributed by atoms with Crippen molar-refractivity contribution in [2.45, 2.75) is 77.3 Å². The van der Waals surface area contributed by atoms with E-state index >= 15 is 0 Å². The van der Waals surface area contributed by atoms with Gasteiger partial charge >= 0.3 is 0 Å². The zero-order valence-corrected chi connectivity index (χ0v) is 11.9. The maximum Gasteiger partial charge on any atom is 0.0357 e. The van der Waals surface area contributed by atoms with Crippen LogP contribution in [0.25, 0.3) is 0 Å². The average Bonchev–Trinajstić information content (AvgIpc) is 2.67. The van der Waals surface area contributed by atoms with Crippen LogP contribution in [0.1, 0.15) is 65.7 Å². The summed E-state index contributed by atoms with van der Waals surface area (Å²) in [5, 5.41) is 3.98. The summed E-state index contributed by atoms with van der Waals surface area (Å²) in [4.78, 5) is 0. The molecular weight excluding hydrogens is 208 g/mol. The fraction of sp³-hybridized carbons (Fsp3) is 1.00. The van der Waals surface area contributed by atoms with Crippen LogP contribution in [0.15, 0.2) is 0 Å². The number of nitrogens with one attached hydrogen (secondary N) is 1. The van der Waals surface area contributed by atoms with E-state index in [0.29, 0.717) is 11.5 Å². The van der Waals surface area contributed by atoms with Crippen molar-refractivity contribution in [2.24, 2.45) is 17.1 Å². The van der Waals surface area contributed by atoms with Crippen molar-refractivity contribution in [1.29, 1.82) is 0 Å². The van der Waals surface area contributed by atoms with E-state index in [4.69, 9.17) is 5.73 Å². The molecule has 2 fully saturated rings. The molecule has 0 aromatic carbocycles. The minimum atomic E-state index is 0.194. The first kappa shape index (κ1) is 13.4. The van der Waals surface area contributed by atoms with Crippen LogP contribution >= 0.6 is 0 Å². The van der Waals surface area contributed by atoms with Gasteiger partial charge in [0.2, 0.25) is 0 Å². The van der Waals surface area contributed by atoms with Crippen molar-refractivity contribution in [3.8, 4) is 0 Å². The molecule has 17 heavy (non-hydrogen) atoms. The van der Waals surface area contributed by atoms with E-state index in [9.17, 15) is 0 Å². The molecule has 3 atom stereocenters. The molecule has 2 saturated carbocycles. The summed E-state index contributed by atoms with van der Waals surface area (Å²) in [5.41, 5.74) is 6.71. The van der Waals surface area contributed by atoms with Crippen LogP contribution in [0.3, 0.4) is 0 Å². The Labute approximate surface area is 107 Å². The van der Waals surface area contributed by atoms with Crippen molar-refractivity contribution in [3.63, 3.8) is 0 Å². The van der Waals surface area contributed by atoms with E-state index in [1.165, 1.54) is 44.9 Å². The Morgan fingerprint density at radius 1 is 1.18 bits per heavy atom. The van der Waals surface area contributed by atoms with E-state index < -0.39 is 0 Å². The van der Waals surface area contributed by atoms with Crippen molar-refractivity contribution in [1.82, 2.24) is 5.32 Å². The molecule has 0 aromatic heterocycles. The number of nitrogens with two attached hydrogens (primary N) is 1. The van der Waals surface area contributed by atoms with Gasteiger partial charge in [0.15, 0.2) is 0 Å². The lowest BCUT2D eigenvalue weighted by Gasteiger charge is -2.52. The van der Waals surface area contributed by atoms with Gasteiger partial charge in [-0.15, -0.1) is 0 Å². The SMILES string of the molecule is CC1CCC(NC2(CN)CCCCC2(C)C)C1. The molecular formula is C15H30N2. The fourth-order valence-electron chi connectivity index (χ4n) is 4.01. The monoisotopic (exact) mass is 238 g/mol. The van der Waals surface area contributed by atoms with E-state index in [0.717, 1.165) is 12.5 Å². The largest absolute Gasteiger partial charge is 0.329 e. The number of hydrogen-bond acceptors (Lipinski definition) is 2. The Hall–Kier alpha value is -0.0800. The summed E-state index contributed by atoms with van der Waals surface area (Å²) in [7, 11) is 0. The van der Waals surface area contributed by atoms with E-state index in [2.05, 4.69) is 26.1 Å². The topological polar surface area (TPSA) is 38.0 Å². The zero-order chi connectivity index (χ0) is 12.5. The molecule has 0 aromatic rings. The van der Waals surface area contributed by atoms with Gasteiger partial charge in [0, 0.05) is 18.1 Å². The fourth-order valence-corrected chi connectivity index (χ4v) is 4.01. The van der Waals surface area contributed by atoms with Gasteiger partial charge in [0.05, 0.1) is 0 Å². The Morgan fingerprint density at radius 2 is 1.88 bits per heavy atom. The third kappa shape index (κ3) is 2.53. The third-order valence-corrected chi connectivity index (χ3v) is 5.47. The van der Waals surface area contributed by atoms with E-state index in [-0.39, 0.29) is 5.54 Å². The van der Waals surface area contributed by atoms with Gasteiger partial charge in [-0.2, -0.15) is 0 Å². The van der Waals surface area contributed by atoms with Crippen LogP contribution in [0, 0.1) is 11.3 Å². The molecule has 2 nitrogen and oxygen atoms in total. The van der Waals surface area contributed by atoms with Gasteiger partial charge in [-0.3, -0.25) is 0 Å². The summed E-state index contributed by atoms with van der Waals surface area (Å²) in [6, 6.07) is 0.714. The Balaban J connectivity index is 2.07. The molecule has 0 bridgehead atoms. The first-order valence-electron chi connectivity index (χ1n) is 7.47. The summed E-state index contributed by atoms with van der Waals surface area (Å²) in [6.45, 7) is 7.99. The Morgan fingerprint density at radius 3 is 2.41 bits per heavy atom. The normalized spacial score (nSPS) is 41.6. The second kappa shape index (κ2) is 4.89. The van der Waals surface area contributed by atoms with Crippen molar-refractivity contribution in [3.05, 3.63) is 0 Å². The number of rotatable bonds is 3. The molecule has 2 heteroatoms. The van der Waals surface area contributed by atoms with Gasteiger partial charge < -0.3 is 11.1 Å². The summed E-state index contributed by atoms with van der Waals surface area (Å²) >= 11 is 0. The smallest absolute Gasteiger partial charge is 0.0357 e. The third-order valence-electron chi connectivity index (χ3n) is 5.47. The Bertz CT molecular complexity index is 262. The second-order valence-corrected chi connectivity index (χ2v) is 7.14. The minimum Gasteiger partial charge on any atom is -0.329 e. The second-order valence-electron chi connectivity index (χ2n) is 7.14. The number of hydrogen-bond donors (Lipinski definition) is 2. The van der Waals surface area contributed by atoms with Gasteiger partial charge in [0.1, 0.15) is 0 Å². The Kier molecular flexibility index (Phi) is 3.84. The lowest BCUT2D eigenvalue weighted by atomic mass is 9.62. The highest BCUT2D eigenvalue weighted by atomic mass is 15.1. The average molecular weight is 238 g/mol. The zero-order valence-electron chi connectivity index (χ0n) is 11.9. The molecule has 100 valence electrons. The highest BCUT2D eigenvalue weighted by Gasteiger charge is 2.46. The predicted octanol–water partition coefficient (Wildman–Crippen LogP) is 3.06. The van der Waals surface area contributed by atoms with Gasteiger partial charge in [0.25, 0.3) is 0 Å². The molecule has 2 aliphatic carbocycles. The molecule has 3 unspecified atom stereocenters. The maximum atomic E-state index is 6.16. The van der Waals surface area contributed by atoms with Crippen LogP contribution in [0.5, 0.6) is 0 Å². The molecule has 0 radical (unpaired) electrons. The van der Waals surface area contributed by atoms with Gasteiger partial charge in [-0.25, -0.2) is 0 Å². The standard InChI is InChI=1S/C15H30N2/c1-12-6-7-13(10-12)17-15(11-16)9-5-4-8-14(15,2)3/h12-13,17H,4-11,16H2,1-3H3. The molecule has 0 saturated heterocycles. The first-order valence-corrected chi connectivity index (χ1v) is 7.47. The highest BCUT2D eigenvalue weighted by molar-refractivity contribution is 5.05. The lowest BCUT2D eigenvalue weighted by molar-refractivity contribution is 0.0577. The summed E-state index contributed by atoms with van der Waals surface area (Å²) in [5.74, 6) is 0.897. The van der Waals surface area contributed by atoms with E-state index in [1.54, 1.807) is 0 Å². The molecule has 0 heterocycles. The van der Waals surface area contributed by atoms with Crippen LogP contribution in [-0.4, -0.2) is 18.1 Å². The molecule has 2 rings (SSSR count). The lowest BCUT2D eigenvalue weighted by Crippen LogP contribution is -2.64. The molecule has 0 amide bonds. The van der Waals surface area contributed by atoms with Crippen molar-refractivity contribution < 1.29 is 0 Å². The van der Waals surface area contributed by atoms with Crippen LogP contribution < -0.4 is 11.1 Å². The summed E-state index contributed by atoms with van der Waals surface area (Å²) < 4.78 is 0. The predicted molar refractivity (Wildman–Crippen MR) is 74.0 cm³/mol. The van der Waals surface area contributed by atoms with Gasteiger partial charge in [-0.1, -0.05) is 33.6 Å². The molecule has 3 N–H and O–H groups in total. The van der Waals surface area contributed by atoms with Crippen molar-refractivity contribution in [2.75, 3.05) is 6.54 Å². The first-order chi connectivity index (χ1) is 7.99. The minimum absolute atomic E-state index is 0.194. The molecule has 2 aliphatic rings. The van der Waals surface area contributed by atoms with Crippen LogP contribution in [0.4, 0.5) is 0 Å². The van der Waals surface area contributed by atoms with Crippen LogP contribution in [0.2, 0.25) is 0 Å². The van der Waals surface area contributed by atoms with Crippen molar-refractivity contribution >= 4 is 0 Å². The quantitative estimate of drug-likeness (QED) is 0.793. The highest BCUT2D eigenvalue weighted by Crippen LogP contribution is 2.44.